The number of carbonyl (C=O) groups is 2. The smallest absolute Gasteiger partial charge is 0.251 e. The van der Waals surface area contributed by atoms with Crippen LogP contribution in [0.1, 0.15) is 19.8 Å². The van der Waals surface area contributed by atoms with Gasteiger partial charge in [-0.3, -0.25) is 19.4 Å². The molecule has 0 aliphatic carbocycles. The summed E-state index contributed by atoms with van der Waals surface area (Å²) in [4.78, 5) is 30.9. The average Bonchev–Trinajstić information content (AvgIpc) is 2.96. The van der Waals surface area contributed by atoms with E-state index in [0.29, 0.717) is 18.8 Å². The van der Waals surface area contributed by atoms with E-state index in [-0.39, 0.29) is 30.9 Å². The summed E-state index contributed by atoms with van der Waals surface area (Å²) in [5.74, 6) is 0.444. The van der Waals surface area contributed by atoms with Crippen molar-refractivity contribution >= 4 is 17.5 Å². The molecule has 1 unspecified atom stereocenters. The first kappa shape index (κ1) is 18.8. The van der Waals surface area contributed by atoms with Crippen molar-refractivity contribution in [2.24, 2.45) is 0 Å². The molecule has 2 fully saturated rings. The van der Waals surface area contributed by atoms with Gasteiger partial charge in [-0.1, -0.05) is 6.92 Å². The zero-order valence-corrected chi connectivity index (χ0v) is 15.3. The number of hydrogen-bond donors (Lipinski definition) is 1. The molecule has 1 N–H and O–H groups in total. The van der Waals surface area contributed by atoms with Gasteiger partial charge < -0.3 is 9.84 Å². The standard InChI is InChI=1S/C19H27N3O4/c1-2-13-26-16-5-3-15(4-6-16)22-18(24)14-17(19(22)25)21-9-7-20(8-10-21)11-12-23/h3-6,17,23H,2,7-14H2,1H3. The maximum Gasteiger partial charge on any atom is 0.251 e. The van der Waals surface area contributed by atoms with Crippen molar-refractivity contribution in [1.82, 2.24) is 9.80 Å². The molecule has 2 saturated heterocycles. The molecule has 0 radical (unpaired) electrons. The fourth-order valence-corrected chi connectivity index (χ4v) is 3.52. The summed E-state index contributed by atoms with van der Waals surface area (Å²) in [7, 11) is 0. The Balaban J connectivity index is 1.64. The first-order chi connectivity index (χ1) is 12.6. The van der Waals surface area contributed by atoms with E-state index in [4.69, 9.17) is 9.84 Å². The van der Waals surface area contributed by atoms with Gasteiger partial charge in [-0.15, -0.1) is 0 Å². The second kappa shape index (κ2) is 8.62. The lowest BCUT2D eigenvalue weighted by atomic mass is 10.1. The van der Waals surface area contributed by atoms with Crippen molar-refractivity contribution in [3.05, 3.63) is 24.3 Å². The fourth-order valence-electron chi connectivity index (χ4n) is 3.52. The lowest BCUT2D eigenvalue weighted by Crippen LogP contribution is -2.52. The average molecular weight is 361 g/mol. The number of amides is 2. The number of rotatable bonds is 7. The van der Waals surface area contributed by atoms with Gasteiger partial charge in [0, 0.05) is 32.7 Å². The lowest BCUT2D eigenvalue weighted by Gasteiger charge is -2.36. The lowest BCUT2D eigenvalue weighted by molar-refractivity contribution is -0.123. The third-order valence-corrected chi connectivity index (χ3v) is 4.95. The summed E-state index contributed by atoms with van der Waals surface area (Å²) >= 11 is 0. The number of ether oxygens (including phenoxy) is 1. The molecule has 0 aromatic heterocycles. The number of hydrogen-bond acceptors (Lipinski definition) is 6. The Morgan fingerprint density at radius 1 is 1.12 bits per heavy atom. The number of anilines is 1. The molecule has 26 heavy (non-hydrogen) atoms. The third kappa shape index (κ3) is 4.06. The number of carbonyl (C=O) groups excluding carboxylic acids is 2. The summed E-state index contributed by atoms with van der Waals surface area (Å²) in [5.41, 5.74) is 0.602. The molecule has 0 saturated carbocycles. The maximum absolute atomic E-state index is 12.9. The minimum absolute atomic E-state index is 0.145. The van der Waals surface area contributed by atoms with E-state index >= 15 is 0 Å². The molecule has 0 spiro atoms. The van der Waals surface area contributed by atoms with Crippen molar-refractivity contribution in [1.29, 1.82) is 0 Å². The second-order valence-corrected chi connectivity index (χ2v) is 6.73. The topological polar surface area (TPSA) is 73.3 Å². The summed E-state index contributed by atoms with van der Waals surface area (Å²) in [6.45, 7) is 6.58. The van der Waals surface area contributed by atoms with Crippen LogP contribution in [0.2, 0.25) is 0 Å². The van der Waals surface area contributed by atoms with Crippen LogP contribution < -0.4 is 9.64 Å². The molecule has 142 valence electrons. The fraction of sp³-hybridized carbons (Fsp3) is 0.579. The molecular weight excluding hydrogens is 334 g/mol. The number of piperazine rings is 1. The SMILES string of the molecule is CCCOc1ccc(N2C(=O)CC(N3CCN(CCO)CC3)C2=O)cc1. The Bertz CT molecular complexity index is 626. The maximum atomic E-state index is 12.9. The van der Waals surface area contributed by atoms with E-state index in [2.05, 4.69) is 9.80 Å². The molecule has 7 nitrogen and oxygen atoms in total. The van der Waals surface area contributed by atoms with E-state index < -0.39 is 0 Å². The Morgan fingerprint density at radius 3 is 2.42 bits per heavy atom. The van der Waals surface area contributed by atoms with Crippen LogP contribution in [0.15, 0.2) is 24.3 Å². The summed E-state index contributed by atoms with van der Waals surface area (Å²) < 4.78 is 5.55. The quantitative estimate of drug-likeness (QED) is 0.722. The number of imide groups is 1. The van der Waals surface area contributed by atoms with E-state index in [0.717, 1.165) is 38.3 Å². The summed E-state index contributed by atoms with van der Waals surface area (Å²) in [6, 6.07) is 6.75. The van der Waals surface area contributed by atoms with Gasteiger partial charge in [-0.2, -0.15) is 0 Å². The van der Waals surface area contributed by atoms with E-state index in [1.165, 1.54) is 4.90 Å². The largest absolute Gasteiger partial charge is 0.494 e. The number of benzene rings is 1. The highest BCUT2D eigenvalue weighted by atomic mass is 16.5. The minimum atomic E-state index is -0.380. The van der Waals surface area contributed by atoms with Gasteiger partial charge in [0.1, 0.15) is 5.75 Å². The van der Waals surface area contributed by atoms with Crippen LogP contribution in [-0.4, -0.2) is 78.7 Å². The zero-order valence-electron chi connectivity index (χ0n) is 15.3. The Morgan fingerprint density at radius 2 is 1.81 bits per heavy atom. The van der Waals surface area contributed by atoms with Gasteiger partial charge in [-0.05, 0) is 30.7 Å². The molecule has 3 rings (SSSR count). The predicted octanol–water partition coefficient (Wildman–Crippen LogP) is 0.717. The predicted molar refractivity (Wildman–Crippen MR) is 98.2 cm³/mol. The van der Waals surface area contributed by atoms with Crippen molar-refractivity contribution in [2.45, 2.75) is 25.8 Å². The van der Waals surface area contributed by atoms with E-state index in [1.54, 1.807) is 24.3 Å². The van der Waals surface area contributed by atoms with Gasteiger partial charge in [-0.25, -0.2) is 4.90 Å². The molecule has 0 bridgehead atoms. The molecular formula is C19H27N3O4. The van der Waals surface area contributed by atoms with Crippen molar-refractivity contribution in [3.63, 3.8) is 0 Å². The van der Waals surface area contributed by atoms with Gasteiger partial charge in [0.05, 0.1) is 31.4 Å². The highest BCUT2D eigenvalue weighted by molar-refractivity contribution is 6.22. The normalized spacial score (nSPS) is 22.2. The molecule has 7 heteroatoms. The molecule has 2 aliphatic heterocycles. The number of nitrogens with zero attached hydrogens (tertiary/aromatic N) is 3. The van der Waals surface area contributed by atoms with Gasteiger partial charge in [0.15, 0.2) is 0 Å². The Kier molecular flexibility index (Phi) is 6.24. The van der Waals surface area contributed by atoms with Crippen molar-refractivity contribution in [3.8, 4) is 5.75 Å². The number of β-amino-alcohol motifs (C(OH)–C–C–N with tert-alkyl or cyclic N) is 1. The van der Waals surface area contributed by atoms with Gasteiger partial charge in [0.25, 0.3) is 5.91 Å². The van der Waals surface area contributed by atoms with Crippen LogP contribution in [0.5, 0.6) is 5.75 Å². The highest BCUT2D eigenvalue weighted by Gasteiger charge is 2.43. The first-order valence-corrected chi connectivity index (χ1v) is 9.31. The van der Waals surface area contributed by atoms with Gasteiger partial charge in [0.2, 0.25) is 5.91 Å². The number of aliphatic hydroxyl groups is 1. The van der Waals surface area contributed by atoms with Crippen LogP contribution >= 0.6 is 0 Å². The van der Waals surface area contributed by atoms with Crippen LogP contribution in [-0.2, 0) is 9.59 Å². The molecule has 2 amide bonds. The van der Waals surface area contributed by atoms with E-state index in [9.17, 15) is 9.59 Å². The summed E-state index contributed by atoms with van der Waals surface area (Å²) in [5, 5.41) is 9.03. The molecule has 1 aromatic rings. The van der Waals surface area contributed by atoms with E-state index in [1.807, 2.05) is 6.92 Å². The van der Waals surface area contributed by atoms with Crippen LogP contribution in [0.4, 0.5) is 5.69 Å². The summed E-state index contributed by atoms with van der Waals surface area (Å²) in [6.07, 6.45) is 1.16. The first-order valence-electron chi connectivity index (χ1n) is 9.31. The third-order valence-electron chi connectivity index (χ3n) is 4.95. The van der Waals surface area contributed by atoms with Crippen LogP contribution in [0.3, 0.4) is 0 Å². The second-order valence-electron chi connectivity index (χ2n) is 6.73. The van der Waals surface area contributed by atoms with Crippen molar-refractivity contribution in [2.75, 3.05) is 50.8 Å². The molecule has 1 atom stereocenters. The number of aliphatic hydroxyl groups excluding tert-OH is 1. The Labute approximate surface area is 154 Å². The zero-order chi connectivity index (χ0) is 18.5. The van der Waals surface area contributed by atoms with Gasteiger partial charge >= 0.3 is 0 Å². The highest BCUT2D eigenvalue weighted by Crippen LogP contribution is 2.28. The molecule has 1 aromatic carbocycles. The van der Waals surface area contributed by atoms with Crippen LogP contribution in [0.25, 0.3) is 0 Å². The molecule has 2 aliphatic rings. The Hall–Kier alpha value is -1.96. The monoisotopic (exact) mass is 361 g/mol. The minimum Gasteiger partial charge on any atom is -0.494 e. The molecule has 2 heterocycles. The van der Waals surface area contributed by atoms with Crippen molar-refractivity contribution < 1.29 is 19.4 Å². The van der Waals surface area contributed by atoms with Crippen LogP contribution in [0, 0.1) is 0 Å².